The van der Waals surface area contributed by atoms with Crippen molar-refractivity contribution in [3.63, 3.8) is 0 Å². The predicted molar refractivity (Wildman–Crippen MR) is 84.6 cm³/mol. The lowest BCUT2D eigenvalue weighted by Crippen LogP contribution is -2.31. The van der Waals surface area contributed by atoms with E-state index in [1.54, 1.807) is 0 Å². The monoisotopic (exact) mass is 293 g/mol. The Morgan fingerprint density at radius 3 is 2.48 bits per heavy atom. The summed E-state index contributed by atoms with van der Waals surface area (Å²) >= 11 is 0. The third kappa shape index (κ3) is 7.14. The first-order valence-corrected chi connectivity index (χ1v) is 7.70. The Kier molecular flexibility index (Phi) is 7.83. The molecule has 0 fully saturated rings. The Morgan fingerprint density at radius 1 is 1.29 bits per heavy atom. The molecule has 1 N–H and O–H groups in total. The molecule has 0 amide bonds. The second-order valence-electron chi connectivity index (χ2n) is 5.55. The Bertz CT molecular complexity index is 415. The van der Waals surface area contributed by atoms with Crippen LogP contribution in [0.1, 0.15) is 45.6 Å². The van der Waals surface area contributed by atoms with Crippen molar-refractivity contribution in [1.82, 2.24) is 4.90 Å². The molecule has 0 saturated heterocycles. The van der Waals surface area contributed by atoms with E-state index >= 15 is 0 Å². The number of hydrogen-bond donors (Lipinski definition) is 1. The molecule has 0 aliphatic rings. The Labute approximate surface area is 127 Å². The van der Waals surface area contributed by atoms with Gasteiger partial charge in [0.2, 0.25) is 0 Å². The Balaban J connectivity index is 2.52. The maximum atomic E-state index is 10.6. The molecule has 1 rings (SSSR count). The van der Waals surface area contributed by atoms with E-state index in [0.29, 0.717) is 12.5 Å². The van der Waals surface area contributed by atoms with Gasteiger partial charge in [-0.1, -0.05) is 19.1 Å². The first kappa shape index (κ1) is 17.5. The van der Waals surface area contributed by atoms with Crippen molar-refractivity contribution in [2.45, 2.75) is 52.6 Å². The van der Waals surface area contributed by atoms with Crippen molar-refractivity contribution in [3.8, 4) is 5.75 Å². The molecule has 0 aliphatic heterocycles. The van der Waals surface area contributed by atoms with Crippen molar-refractivity contribution < 1.29 is 14.6 Å². The molecular formula is C17H27NO3. The van der Waals surface area contributed by atoms with Gasteiger partial charge in [-0.25, -0.2) is 0 Å². The summed E-state index contributed by atoms with van der Waals surface area (Å²) in [5, 5.41) is 8.72. The minimum Gasteiger partial charge on any atom is -0.494 e. The standard InChI is InChI=1S/C17H27NO3/c1-4-12-21-16-9-7-15(8-10-16)13-18(14(2)3)11-5-6-17(19)20/h7-10,14H,4-6,11-13H2,1-3H3,(H,19,20). The van der Waals surface area contributed by atoms with Crippen LogP contribution in [0.3, 0.4) is 0 Å². The minimum atomic E-state index is -0.726. The summed E-state index contributed by atoms with van der Waals surface area (Å²) < 4.78 is 5.57. The van der Waals surface area contributed by atoms with Crippen LogP contribution in [0.15, 0.2) is 24.3 Å². The number of nitrogens with zero attached hydrogens (tertiary/aromatic N) is 1. The van der Waals surface area contributed by atoms with Crippen LogP contribution in [0, 0.1) is 0 Å². The normalized spacial score (nSPS) is 11.1. The minimum absolute atomic E-state index is 0.229. The van der Waals surface area contributed by atoms with Gasteiger partial charge in [-0.2, -0.15) is 0 Å². The molecule has 0 aliphatic carbocycles. The summed E-state index contributed by atoms with van der Waals surface area (Å²) in [6, 6.07) is 8.56. The van der Waals surface area contributed by atoms with Gasteiger partial charge in [-0.15, -0.1) is 0 Å². The molecule has 4 heteroatoms. The number of carbonyl (C=O) groups is 1. The van der Waals surface area contributed by atoms with Crippen molar-refractivity contribution in [1.29, 1.82) is 0 Å². The van der Waals surface area contributed by atoms with Crippen LogP contribution in [-0.4, -0.2) is 35.2 Å². The van der Waals surface area contributed by atoms with E-state index in [4.69, 9.17) is 9.84 Å². The van der Waals surface area contributed by atoms with Gasteiger partial charge in [0, 0.05) is 19.0 Å². The molecule has 118 valence electrons. The summed E-state index contributed by atoms with van der Waals surface area (Å²) in [5.74, 6) is 0.179. The third-order valence-corrected chi connectivity index (χ3v) is 3.35. The second kappa shape index (κ2) is 9.40. The van der Waals surface area contributed by atoms with Gasteiger partial charge in [-0.05, 0) is 50.9 Å². The lowest BCUT2D eigenvalue weighted by Gasteiger charge is -2.26. The molecule has 0 unspecified atom stereocenters. The van der Waals surface area contributed by atoms with Gasteiger partial charge < -0.3 is 9.84 Å². The van der Waals surface area contributed by atoms with Crippen LogP contribution in [0.25, 0.3) is 0 Å². The summed E-state index contributed by atoms with van der Waals surface area (Å²) in [7, 11) is 0. The highest BCUT2D eigenvalue weighted by Crippen LogP contribution is 2.15. The SMILES string of the molecule is CCCOc1ccc(CN(CCCC(=O)O)C(C)C)cc1. The maximum absolute atomic E-state index is 10.6. The molecule has 0 atom stereocenters. The van der Waals surface area contributed by atoms with E-state index in [0.717, 1.165) is 31.9 Å². The number of benzene rings is 1. The topological polar surface area (TPSA) is 49.8 Å². The van der Waals surface area contributed by atoms with Crippen molar-refractivity contribution in [3.05, 3.63) is 29.8 Å². The highest BCUT2D eigenvalue weighted by atomic mass is 16.5. The third-order valence-electron chi connectivity index (χ3n) is 3.35. The van der Waals surface area contributed by atoms with Gasteiger partial charge in [0.1, 0.15) is 5.75 Å². The number of aliphatic carboxylic acids is 1. The highest BCUT2D eigenvalue weighted by molar-refractivity contribution is 5.66. The molecule has 0 heterocycles. The molecule has 1 aromatic carbocycles. The van der Waals surface area contributed by atoms with E-state index < -0.39 is 5.97 Å². The zero-order chi connectivity index (χ0) is 15.7. The molecule has 0 spiro atoms. The van der Waals surface area contributed by atoms with Gasteiger partial charge >= 0.3 is 5.97 Å². The molecular weight excluding hydrogens is 266 g/mol. The van der Waals surface area contributed by atoms with Crippen LogP contribution >= 0.6 is 0 Å². The van der Waals surface area contributed by atoms with Crippen molar-refractivity contribution in [2.75, 3.05) is 13.2 Å². The largest absolute Gasteiger partial charge is 0.494 e. The number of rotatable bonds is 10. The first-order valence-electron chi connectivity index (χ1n) is 7.70. The van der Waals surface area contributed by atoms with Gasteiger partial charge in [0.05, 0.1) is 6.61 Å². The van der Waals surface area contributed by atoms with Crippen LogP contribution in [0.5, 0.6) is 5.75 Å². The number of ether oxygens (including phenoxy) is 1. The molecule has 1 aromatic rings. The quantitative estimate of drug-likeness (QED) is 0.716. The summed E-state index contributed by atoms with van der Waals surface area (Å²) in [6.07, 6.45) is 1.92. The average Bonchev–Trinajstić information content (AvgIpc) is 2.45. The molecule has 0 bridgehead atoms. The molecule has 0 aromatic heterocycles. The van der Waals surface area contributed by atoms with Crippen molar-refractivity contribution in [2.24, 2.45) is 0 Å². The predicted octanol–water partition coefficient (Wildman–Crippen LogP) is 3.55. The Hall–Kier alpha value is -1.55. The lowest BCUT2D eigenvalue weighted by molar-refractivity contribution is -0.137. The molecule has 4 nitrogen and oxygen atoms in total. The zero-order valence-corrected chi connectivity index (χ0v) is 13.3. The van der Waals surface area contributed by atoms with Crippen LogP contribution < -0.4 is 4.74 Å². The summed E-state index contributed by atoms with van der Waals surface area (Å²) in [4.78, 5) is 12.9. The maximum Gasteiger partial charge on any atom is 0.303 e. The average molecular weight is 293 g/mol. The molecule has 21 heavy (non-hydrogen) atoms. The fourth-order valence-electron chi connectivity index (χ4n) is 2.10. The summed E-state index contributed by atoms with van der Waals surface area (Å²) in [6.45, 7) is 8.75. The number of hydrogen-bond acceptors (Lipinski definition) is 3. The van der Waals surface area contributed by atoms with Gasteiger partial charge in [-0.3, -0.25) is 9.69 Å². The summed E-state index contributed by atoms with van der Waals surface area (Å²) in [5.41, 5.74) is 1.22. The van der Waals surface area contributed by atoms with E-state index in [-0.39, 0.29) is 6.42 Å². The molecule has 0 radical (unpaired) electrons. The van der Waals surface area contributed by atoms with E-state index in [9.17, 15) is 4.79 Å². The fourth-order valence-corrected chi connectivity index (χ4v) is 2.10. The number of carboxylic acid groups (broad SMARTS) is 1. The van der Waals surface area contributed by atoms with Crippen LogP contribution in [-0.2, 0) is 11.3 Å². The van der Waals surface area contributed by atoms with Gasteiger partial charge in [0.15, 0.2) is 0 Å². The van der Waals surface area contributed by atoms with Crippen LogP contribution in [0.2, 0.25) is 0 Å². The first-order chi connectivity index (χ1) is 10.0. The fraction of sp³-hybridized carbons (Fsp3) is 0.588. The number of carboxylic acids is 1. The van der Waals surface area contributed by atoms with E-state index in [2.05, 4.69) is 37.8 Å². The zero-order valence-electron chi connectivity index (χ0n) is 13.3. The van der Waals surface area contributed by atoms with E-state index in [1.807, 2.05) is 12.1 Å². The smallest absolute Gasteiger partial charge is 0.303 e. The molecule has 0 saturated carbocycles. The van der Waals surface area contributed by atoms with Gasteiger partial charge in [0.25, 0.3) is 0 Å². The second-order valence-corrected chi connectivity index (χ2v) is 5.55. The lowest BCUT2D eigenvalue weighted by atomic mass is 10.1. The Morgan fingerprint density at radius 2 is 1.95 bits per heavy atom. The highest BCUT2D eigenvalue weighted by Gasteiger charge is 2.11. The van der Waals surface area contributed by atoms with Crippen LogP contribution in [0.4, 0.5) is 0 Å². The van der Waals surface area contributed by atoms with Crippen molar-refractivity contribution >= 4 is 5.97 Å². The van der Waals surface area contributed by atoms with E-state index in [1.165, 1.54) is 5.56 Å².